The van der Waals surface area contributed by atoms with Gasteiger partial charge in [0.2, 0.25) is 0 Å². The first-order chi connectivity index (χ1) is 11.4. The van der Waals surface area contributed by atoms with Gasteiger partial charge in [0.25, 0.3) is 0 Å². The van der Waals surface area contributed by atoms with E-state index in [4.69, 9.17) is 0 Å². The molecule has 0 amide bonds. The molecule has 0 aromatic heterocycles. The molecule has 1 nitrogen and oxygen atoms in total. The van der Waals surface area contributed by atoms with Gasteiger partial charge in [-0.05, 0) is 0 Å². The SMILES string of the molecule is CC(=O)c1ccccc1P(C)(Br)(c1ccccc1)c1ccccc1. The fourth-order valence-electron chi connectivity index (χ4n) is 3.23. The first kappa shape index (κ1) is 17.1. The number of carbonyl (C=O) groups is 1. The van der Waals surface area contributed by atoms with Crippen LogP contribution in [-0.4, -0.2) is 12.4 Å². The summed E-state index contributed by atoms with van der Waals surface area (Å²) < 4.78 is 0. The zero-order valence-corrected chi connectivity index (χ0v) is 16.3. The molecule has 122 valence electrons. The number of carbonyl (C=O) groups excluding carboxylic acids is 1. The van der Waals surface area contributed by atoms with Gasteiger partial charge in [-0.15, -0.1) is 0 Å². The molecule has 0 fully saturated rings. The first-order valence-corrected chi connectivity index (χ1v) is 12.6. The molecular formula is C21H20BrOP. The molecule has 0 bridgehead atoms. The number of halogens is 1. The number of rotatable bonds is 4. The van der Waals surface area contributed by atoms with E-state index in [9.17, 15) is 4.79 Å². The van der Waals surface area contributed by atoms with Gasteiger partial charge in [-0.2, -0.15) is 0 Å². The van der Waals surface area contributed by atoms with Crippen LogP contribution in [0.4, 0.5) is 0 Å². The molecule has 3 aromatic rings. The van der Waals surface area contributed by atoms with Gasteiger partial charge < -0.3 is 0 Å². The number of ketones is 1. The van der Waals surface area contributed by atoms with Gasteiger partial charge >= 0.3 is 151 Å². The molecule has 3 aromatic carbocycles. The molecule has 0 aliphatic rings. The maximum absolute atomic E-state index is 12.3. The first-order valence-electron chi connectivity index (χ1n) is 7.89. The summed E-state index contributed by atoms with van der Waals surface area (Å²) in [4.78, 5) is 12.3. The number of hydrogen-bond acceptors (Lipinski definition) is 1. The van der Waals surface area contributed by atoms with Crippen molar-refractivity contribution in [3.8, 4) is 0 Å². The topological polar surface area (TPSA) is 17.1 Å². The fraction of sp³-hybridized carbons (Fsp3) is 0.0952. The van der Waals surface area contributed by atoms with Crippen molar-refractivity contribution in [2.75, 3.05) is 6.66 Å². The van der Waals surface area contributed by atoms with Crippen LogP contribution in [-0.2, 0) is 0 Å². The van der Waals surface area contributed by atoms with Crippen molar-refractivity contribution in [2.24, 2.45) is 0 Å². The van der Waals surface area contributed by atoms with Crippen LogP contribution in [0.2, 0.25) is 0 Å². The number of benzene rings is 3. The average molecular weight is 399 g/mol. The van der Waals surface area contributed by atoms with E-state index in [1.807, 2.05) is 30.3 Å². The Kier molecular flexibility index (Phi) is 4.46. The monoisotopic (exact) mass is 398 g/mol. The van der Waals surface area contributed by atoms with Gasteiger partial charge in [-0.3, -0.25) is 0 Å². The molecule has 3 rings (SSSR count). The van der Waals surface area contributed by atoms with Crippen molar-refractivity contribution < 1.29 is 4.79 Å². The summed E-state index contributed by atoms with van der Waals surface area (Å²) in [7, 11) is 0. The van der Waals surface area contributed by atoms with Gasteiger partial charge in [0, 0.05) is 0 Å². The van der Waals surface area contributed by atoms with E-state index >= 15 is 0 Å². The minimum absolute atomic E-state index is 0.0905. The summed E-state index contributed by atoms with van der Waals surface area (Å²) in [6.07, 6.45) is 0. The van der Waals surface area contributed by atoms with Crippen LogP contribution in [0.15, 0.2) is 84.9 Å². The molecule has 0 N–H and O–H groups in total. The van der Waals surface area contributed by atoms with Crippen LogP contribution in [0, 0.1) is 0 Å². The molecule has 0 saturated heterocycles. The molecule has 0 saturated carbocycles. The van der Waals surface area contributed by atoms with Gasteiger partial charge in [0.1, 0.15) is 0 Å². The molecule has 0 radical (unpaired) electrons. The molecule has 3 heteroatoms. The van der Waals surface area contributed by atoms with E-state index < -0.39 is 5.31 Å². The quantitative estimate of drug-likeness (QED) is 0.461. The van der Waals surface area contributed by atoms with Crippen LogP contribution in [0.3, 0.4) is 0 Å². The van der Waals surface area contributed by atoms with Gasteiger partial charge in [-0.25, -0.2) is 0 Å². The molecule has 0 spiro atoms. The van der Waals surface area contributed by atoms with Crippen LogP contribution in [0.1, 0.15) is 17.3 Å². The van der Waals surface area contributed by atoms with Crippen molar-refractivity contribution in [3.63, 3.8) is 0 Å². The Balaban J connectivity index is 2.44. The van der Waals surface area contributed by atoms with Crippen LogP contribution in [0.25, 0.3) is 0 Å². The molecular weight excluding hydrogens is 379 g/mol. The third kappa shape index (κ3) is 2.64. The summed E-state index contributed by atoms with van der Waals surface area (Å²) in [5, 5.41) is 0.603. The summed E-state index contributed by atoms with van der Waals surface area (Å²) in [5.41, 5.74) is 0.780. The van der Waals surface area contributed by atoms with Gasteiger partial charge in [0.05, 0.1) is 0 Å². The van der Waals surface area contributed by atoms with E-state index in [0.29, 0.717) is 0 Å². The van der Waals surface area contributed by atoms with Crippen molar-refractivity contribution in [1.29, 1.82) is 0 Å². The van der Waals surface area contributed by atoms with Gasteiger partial charge in [0.15, 0.2) is 0 Å². The Labute approximate surface area is 151 Å². The molecule has 0 aliphatic heterocycles. The number of Topliss-reactive ketones (excluding diaryl/α,β-unsaturated/α-hetero) is 1. The third-order valence-corrected chi connectivity index (χ3v) is 12.8. The van der Waals surface area contributed by atoms with E-state index in [-0.39, 0.29) is 5.78 Å². The second kappa shape index (κ2) is 6.27. The standard InChI is InChI=1S/C21H20BrOP/c1-17(23)20-15-9-10-16-21(20)24(2,22,18-11-5-3-6-12-18)19-13-7-4-8-14-19/h3-16H,1-2H3. The second-order valence-electron chi connectivity index (χ2n) is 6.17. The molecule has 24 heavy (non-hydrogen) atoms. The van der Waals surface area contributed by atoms with E-state index in [1.165, 1.54) is 10.6 Å². The summed E-state index contributed by atoms with van der Waals surface area (Å²) >= 11 is 4.21. The Morgan fingerprint density at radius 1 is 0.750 bits per heavy atom. The van der Waals surface area contributed by atoms with Crippen LogP contribution in [0.5, 0.6) is 0 Å². The third-order valence-electron chi connectivity index (χ3n) is 4.60. The van der Waals surface area contributed by atoms with Crippen molar-refractivity contribution in [3.05, 3.63) is 90.5 Å². The number of hydrogen-bond donors (Lipinski definition) is 0. The Bertz CT molecular complexity index is 829. The summed E-state index contributed by atoms with van der Waals surface area (Å²) in [5.74, 6) is 0.0905. The van der Waals surface area contributed by atoms with E-state index in [1.54, 1.807) is 6.92 Å². The molecule has 0 heterocycles. The van der Waals surface area contributed by atoms with Crippen molar-refractivity contribution in [1.82, 2.24) is 0 Å². The predicted molar refractivity (Wildman–Crippen MR) is 110 cm³/mol. The minimum atomic E-state index is -2.90. The van der Waals surface area contributed by atoms with Crippen LogP contribution < -0.4 is 15.9 Å². The summed E-state index contributed by atoms with van der Waals surface area (Å²) in [6.45, 7) is 3.90. The fourth-order valence-corrected chi connectivity index (χ4v) is 9.44. The van der Waals surface area contributed by atoms with Crippen LogP contribution >= 0.6 is 20.8 Å². The molecule has 0 atom stereocenters. The Morgan fingerprint density at radius 3 is 1.62 bits per heavy atom. The van der Waals surface area contributed by atoms with Gasteiger partial charge in [-0.1, -0.05) is 0 Å². The predicted octanol–water partition coefficient (Wildman–Crippen LogP) is 4.66. The molecule has 0 aliphatic carbocycles. The van der Waals surface area contributed by atoms with Crippen molar-refractivity contribution >= 4 is 42.5 Å². The zero-order chi connectivity index (χ0) is 17.2. The maximum atomic E-state index is 12.3. The average Bonchev–Trinajstić information content (AvgIpc) is 2.63. The Hall–Kier alpha value is -1.76. The second-order valence-corrected chi connectivity index (χ2v) is 15.9. The molecule has 0 unspecified atom stereocenters. The van der Waals surface area contributed by atoms with E-state index in [2.05, 4.69) is 76.8 Å². The zero-order valence-electron chi connectivity index (χ0n) is 13.8. The van der Waals surface area contributed by atoms with Crippen molar-refractivity contribution in [2.45, 2.75) is 6.92 Å². The normalized spacial score (nSPS) is 13.0. The van der Waals surface area contributed by atoms with E-state index in [0.717, 1.165) is 10.9 Å². The Morgan fingerprint density at radius 2 is 1.17 bits per heavy atom. The summed E-state index contributed by atoms with van der Waals surface area (Å²) in [6, 6.07) is 28.8.